The lowest BCUT2D eigenvalue weighted by Crippen LogP contribution is -2.50. The Morgan fingerprint density at radius 2 is 2.52 bits per heavy atom. The van der Waals surface area contributed by atoms with Crippen LogP contribution in [0.2, 0.25) is 0 Å². The summed E-state index contributed by atoms with van der Waals surface area (Å²) in [5.74, 6) is -0.0417. The Morgan fingerprint density at radius 3 is 3.29 bits per heavy atom. The highest BCUT2D eigenvalue weighted by Crippen LogP contribution is 2.36. The molecule has 114 valence electrons. The summed E-state index contributed by atoms with van der Waals surface area (Å²) in [6.07, 6.45) is 5.97. The van der Waals surface area contributed by atoms with Crippen molar-refractivity contribution in [3.05, 3.63) is 24.3 Å². The first-order valence-corrected chi connectivity index (χ1v) is 7.53. The Morgan fingerprint density at radius 1 is 1.62 bits per heavy atom. The van der Waals surface area contributed by atoms with Gasteiger partial charge in [-0.15, -0.1) is 0 Å². The average molecular weight is 291 g/mol. The summed E-state index contributed by atoms with van der Waals surface area (Å²) in [4.78, 5) is 22.2. The van der Waals surface area contributed by atoms with Gasteiger partial charge < -0.3 is 14.4 Å². The second kappa shape index (κ2) is 6.07. The Bertz CT molecular complexity index is 496. The number of rotatable bonds is 3. The molecule has 1 aromatic rings. The second-order valence-electron chi connectivity index (χ2n) is 5.70. The highest BCUT2D eigenvalue weighted by atomic mass is 16.6. The molecule has 0 saturated carbocycles. The molecule has 2 saturated heterocycles. The molecule has 2 aliphatic rings. The van der Waals surface area contributed by atoms with Crippen LogP contribution in [-0.4, -0.2) is 58.8 Å². The Hall–Kier alpha value is -1.53. The highest BCUT2D eigenvalue weighted by Gasteiger charge is 2.45. The van der Waals surface area contributed by atoms with Crippen LogP contribution >= 0.6 is 0 Å². The third-order valence-corrected chi connectivity index (χ3v) is 4.21. The van der Waals surface area contributed by atoms with Crippen LogP contribution in [0.25, 0.3) is 0 Å². The van der Waals surface area contributed by atoms with Crippen molar-refractivity contribution < 1.29 is 14.3 Å². The Labute approximate surface area is 124 Å². The molecule has 2 fully saturated rings. The first-order valence-electron chi connectivity index (χ1n) is 7.53. The van der Waals surface area contributed by atoms with Crippen molar-refractivity contribution in [1.82, 2.24) is 14.9 Å². The second-order valence-corrected chi connectivity index (χ2v) is 5.70. The van der Waals surface area contributed by atoms with E-state index < -0.39 is 0 Å². The number of nitrogens with zero attached hydrogens (tertiary/aromatic N) is 3. The van der Waals surface area contributed by atoms with E-state index in [1.807, 2.05) is 11.8 Å². The molecule has 3 heterocycles. The smallest absolute Gasteiger partial charge is 0.272 e. The maximum Gasteiger partial charge on any atom is 0.272 e. The number of hydrogen-bond donors (Lipinski definition) is 0. The lowest BCUT2D eigenvalue weighted by atomic mass is 9.89. The van der Waals surface area contributed by atoms with E-state index >= 15 is 0 Å². The maximum atomic E-state index is 12.5. The molecule has 0 bridgehead atoms. The standard InChI is InChI=1S/C15H21N3O3/c1-2-20-12-8-15(21-9-12)5-3-7-18(10-15)14(19)13-4-6-16-11-17-13/h4,6,11-12H,2-3,5,7-10H2,1H3/t12-,15-/m0/s1. The van der Waals surface area contributed by atoms with Crippen LogP contribution < -0.4 is 0 Å². The summed E-state index contributed by atoms with van der Waals surface area (Å²) in [5, 5.41) is 0. The zero-order chi connectivity index (χ0) is 14.7. The van der Waals surface area contributed by atoms with Crippen LogP contribution in [0.15, 0.2) is 18.6 Å². The zero-order valence-corrected chi connectivity index (χ0v) is 12.3. The van der Waals surface area contributed by atoms with Gasteiger partial charge in [-0.1, -0.05) is 0 Å². The molecule has 0 N–H and O–H groups in total. The van der Waals surface area contributed by atoms with Gasteiger partial charge in [0.15, 0.2) is 0 Å². The van der Waals surface area contributed by atoms with Crippen LogP contribution in [0.1, 0.15) is 36.7 Å². The van der Waals surface area contributed by atoms with Gasteiger partial charge in [0.25, 0.3) is 5.91 Å². The van der Waals surface area contributed by atoms with Gasteiger partial charge in [-0.05, 0) is 25.8 Å². The van der Waals surface area contributed by atoms with E-state index in [1.165, 1.54) is 6.33 Å². The summed E-state index contributed by atoms with van der Waals surface area (Å²) >= 11 is 0. The fourth-order valence-electron chi connectivity index (χ4n) is 3.28. The molecular formula is C15H21N3O3. The lowest BCUT2D eigenvalue weighted by Gasteiger charge is -2.39. The molecule has 0 aliphatic carbocycles. The fraction of sp³-hybridized carbons (Fsp3) is 0.667. The number of ether oxygens (including phenoxy) is 2. The molecular weight excluding hydrogens is 270 g/mol. The van der Waals surface area contributed by atoms with Gasteiger partial charge in [0.05, 0.1) is 24.9 Å². The topological polar surface area (TPSA) is 64.6 Å². The minimum absolute atomic E-state index is 0.0417. The molecule has 6 nitrogen and oxygen atoms in total. The van der Waals surface area contributed by atoms with Crippen molar-refractivity contribution in [1.29, 1.82) is 0 Å². The summed E-state index contributed by atoms with van der Waals surface area (Å²) in [6, 6.07) is 1.65. The van der Waals surface area contributed by atoms with Gasteiger partial charge in [-0.2, -0.15) is 0 Å². The number of piperidine rings is 1. The predicted octanol–water partition coefficient (Wildman–Crippen LogP) is 1.28. The highest BCUT2D eigenvalue weighted by molar-refractivity contribution is 5.92. The average Bonchev–Trinajstić information content (AvgIpc) is 2.90. The monoisotopic (exact) mass is 291 g/mol. The number of likely N-dealkylation sites (tertiary alicyclic amines) is 1. The Kier molecular flexibility index (Phi) is 4.17. The number of amides is 1. The van der Waals surface area contributed by atoms with Crippen LogP contribution in [0.4, 0.5) is 0 Å². The van der Waals surface area contributed by atoms with E-state index in [1.54, 1.807) is 12.3 Å². The Balaban J connectivity index is 1.68. The van der Waals surface area contributed by atoms with E-state index in [4.69, 9.17) is 9.47 Å². The van der Waals surface area contributed by atoms with Crippen molar-refractivity contribution in [3.8, 4) is 0 Å². The van der Waals surface area contributed by atoms with Crippen LogP contribution in [0, 0.1) is 0 Å². The van der Waals surface area contributed by atoms with Gasteiger partial charge >= 0.3 is 0 Å². The zero-order valence-electron chi connectivity index (χ0n) is 12.3. The van der Waals surface area contributed by atoms with Crippen molar-refractivity contribution in [2.45, 2.75) is 37.9 Å². The van der Waals surface area contributed by atoms with Crippen molar-refractivity contribution in [3.63, 3.8) is 0 Å². The lowest BCUT2D eigenvalue weighted by molar-refractivity contribution is -0.0463. The van der Waals surface area contributed by atoms with E-state index in [2.05, 4.69) is 9.97 Å². The van der Waals surface area contributed by atoms with Crippen molar-refractivity contribution in [2.75, 3.05) is 26.3 Å². The van der Waals surface area contributed by atoms with Crippen LogP contribution in [0.5, 0.6) is 0 Å². The minimum Gasteiger partial charge on any atom is -0.376 e. The summed E-state index contributed by atoms with van der Waals surface area (Å²) in [7, 11) is 0. The molecule has 1 spiro atoms. The first-order chi connectivity index (χ1) is 10.2. The van der Waals surface area contributed by atoms with Gasteiger partial charge in [0.2, 0.25) is 0 Å². The molecule has 0 unspecified atom stereocenters. The molecule has 0 aromatic carbocycles. The maximum absolute atomic E-state index is 12.5. The molecule has 1 aromatic heterocycles. The quantitative estimate of drug-likeness (QED) is 0.839. The molecule has 1 amide bonds. The molecule has 2 aliphatic heterocycles. The first kappa shape index (κ1) is 14.4. The molecule has 21 heavy (non-hydrogen) atoms. The van der Waals surface area contributed by atoms with Gasteiger partial charge in [0, 0.05) is 25.8 Å². The molecule has 2 atom stereocenters. The van der Waals surface area contributed by atoms with E-state index in [9.17, 15) is 4.79 Å². The number of aromatic nitrogens is 2. The van der Waals surface area contributed by atoms with Gasteiger partial charge in [-0.3, -0.25) is 4.79 Å². The number of carbonyl (C=O) groups is 1. The SMILES string of the molecule is CCO[C@@H]1CO[C@@]2(CCCN(C(=O)c3ccncn3)C2)C1. The third kappa shape index (κ3) is 3.06. The third-order valence-electron chi connectivity index (χ3n) is 4.21. The number of carbonyl (C=O) groups excluding carboxylic acids is 1. The predicted molar refractivity (Wildman–Crippen MR) is 75.9 cm³/mol. The molecule has 6 heteroatoms. The summed E-state index contributed by atoms with van der Waals surface area (Å²) < 4.78 is 11.7. The molecule has 0 radical (unpaired) electrons. The van der Waals surface area contributed by atoms with Crippen LogP contribution in [-0.2, 0) is 9.47 Å². The van der Waals surface area contributed by atoms with Crippen LogP contribution in [0.3, 0.4) is 0 Å². The number of hydrogen-bond acceptors (Lipinski definition) is 5. The molecule has 3 rings (SSSR count). The minimum atomic E-state index is -0.235. The van der Waals surface area contributed by atoms with E-state index in [-0.39, 0.29) is 17.6 Å². The summed E-state index contributed by atoms with van der Waals surface area (Å²) in [6.45, 7) is 4.71. The van der Waals surface area contributed by atoms with Gasteiger partial charge in [-0.25, -0.2) is 9.97 Å². The van der Waals surface area contributed by atoms with Crippen molar-refractivity contribution >= 4 is 5.91 Å². The fourth-order valence-corrected chi connectivity index (χ4v) is 3.28. The largest absolute Gasteiger partial charge is 0.376 e. The van der Waals surface area contributed by atoms with Crippen molar-refractivity contribution in [2.24, 2.45) is 0 Å². The normalized spacial score (nSPS) is 29.0. The van der Waals surface area contributed by atoms with E-state index in [0.717, 1.165) is 25.8 Å². The van der Waals surface area contributed by atoms with Gasteiger partial charge in [0.1, 0.15) is 12.0 Å². The summed E-state index contributed by atoms with van der Waals surface area (Å²) in [5.41, 5.74) is 0.210. The van der Waals surface area contributed by atoms with E-state index in [0.29, 0.717) is 25.5 Å².